The molecule has 0 aliphatic carbocycles. The van der Waals surface area contributed by atoms with Crippen molar-refractivity contribution >= 4 is 22.9 Å². The lowest BCUT2D eigenvalue weighted by Gasteiger charge is -2.28. The molecule has 2 aromatic heterocycles. The molecule has 2 atom stereocenters. The van der Waals surface area contributed by atoms with E-state index < -0.39 is 0 Å². The topological polar surface area (TPSA) is 34.0 Å². The van der Waals surface area contributed by atoms with Gasteiger partial charge in [0.05, 0.1) is 6.04 Å². The second kappa shape index (κ2) is 5.61. The molecular weight excluding hydrogens is 280 g/mol. The van der Waals surface area contributed by atoms with E-state index in [0.717, 1.165) is 11.2 Å². The molecule has 0 N–H and O–H groups in total. The van der Waals surface area contributed by atoms with Crippen LogP contribution >= 0.6 is 11.8 Å². The zero-order valence-electron chi connectivity index (χ0n) is 12.5. The van der Waals surface area contributed by atoms with Crippen molar-refractivity contribution in [3.05, 3.63) is 24.2 Å². The van der Waals surface area contributed by atoms with Crippen LogP contribution in [0.3, 0.4) is 0 Å². The highest BCUT2D eigenvalue weighted by molar-refractivity contribution is 7.99. The third-order valence-corrected chi connectivity index (χ3v) is 5.99. The van der Waals surface area contributed by atoms with Crippen LogP contribution in [0.5, 0.6) is 0 Å². The lowest BCUT2D eigenvalue weighted by molar-refractivity contribution is 0.293. The summed E-state index contributed by atoms with van der Waals surface area (Å²) < 4.78 is 2.47. The van der Waals surface area contributed by atoms with E-state index in [9.17, 15) is 0 Å². The summed E-state index contributed by atoms with van der Waals surface area (Å²) >= 11 is 2.07. The Morgan fingerprint density at radius 2 is 2.24 bits per heavy atom. The van der Waals surface area contributed by atoms with Crippen LogP contribution in [0, 0.1) is 0 Å². The number of pyridine rings is 1. The molecule has 0 aromatic carbocycles. The van der Waals surface area contributed by atoms with Gasteiger partial charge in [-0.05, 0) is 57.2 Å². The minimum Gasteiger partial charge on any atom is -0.307 e. The summed E-state index contributed by atoms with van der Waals surface area (Å²) in [5.41, 5.74) is 2.14. The molecule has 4 nitrogen and oxygen atoms in total. The molecule has 0 spiro atoms. The van der Waals surface area contributed by atoms with Crippen molar-refractivity contribution in [2.24, 2.45) is 0 Å². The fourth-order valence-electron chi connectivity index (χ4n) is 3.71. The van der Waals surface area contributed by atoms with Crippen LogP contribution in [0.2, 0.25) is 0 Å². The van der Waals surface area contributed by atoms with Crippen LogP contribution in [-0.2, 0) is 0 Å². The summed E-state index contributed by atoms with van der Waals surface area (Å²) in [5, 5.41) is 0. The van der Waals surface area contributed by atoms with Crippen LogP contribution in [0.1, 0.15) is 43.6 Å². The van der Waals surface area contributed by atoms with E-state index in [-0.39, 0.29) is 0 Å². The number of aromatic nitrogens is 3. The average molecular weight is 302 g/mol. The molecule has 2 fully saturated rings. The first-order valence-electron chi connectivity index (χ1n) is 7.95. The zero-order valence-corrected chi connectivity index (χ0v) is 13.4. The molecule has 2 aromatic rings. The van der Waals surface area contributed by atoms with Crippen molar-refractivity contribution in [1.82, 2.24) is 19.4 Å². The Kier molecular flexibility index (Phi) is 3.63. The number of hydrogen-bond donors (Lipinski definition) is 0. The average Bonchev–Trinajstić information content (AvgIpc) is 3.11. The first-order valence-corrected chi connectivity index (χ1v) is 9.11. The van der Waals surface area contributed by atoms with Gasteiger partial charge in [0.2, 0.25) is 0 Å². The molecule has 2 aliphatic rings. The fraction of sp³-hybridized carbons (Fsp3) is 0.625. The van der Waals surface area contributed by atoms with E-state index in [2.05, 4.69) is 39.3 Å². The normalized spacial score (nSPS) is 27.5. The van der Waals surface area contributed by atoms with Gasteiger partial charge in [-0.25, -0.2) is 9.97 Å². The van der Waals surface area contributed by atoms with Gasteiger partial charge in [-0.15, -0.1) is 0 Å². The molecule has 0 radical (unpaired) electrons. The Bertz CT molecular complexity index is 632. The highest BCUT2D eigenvalue weighted by Gasteiger charge is 2.31. The van der Waals surface area contributed by atoms with Crippen molar-refractivity contribution in [3.8, 4) is 0 Å². The van der Waals surface area contributed by atoms with Crippen molar-refractivity contribution in [3.63, 3.8) is 0 Å². The second-order valence-corrected chi connectivity index (χ2v) is 7.35. The Morgan fingerprint density at radius 1 is 1.29 bits per heavy atom. The molecule has 112 valence electrons. The Hall–Kier alpha value is -1.07. The highest BCUT2D eigenvalue weighted by Crippen LogP contribution is 2.36. The Morgan fingerprint density at radius 3 is 3.00 bits per heavy atom. The van der Waals surface area contributed by atoms with Gasteiger partial charge in [0, 0.05) is 18.0 Å². The molecule has 4 rings (SSSR count). The summed E-state index contributed by atoms with van der Waals surface area (Å²) in [6, 6.07) is 5.13. The van der Waals surface area contributed by atoms with E-state index in [1.165, 1.54) is 49.6 Å². The fourth-order valence-corrected chi connectivity index (χ4v) is 4.83. The van der Waals surface area contributed by atoms with Crippen LogP contribution in [0.25, 0.3) is 11.2 Å². The van der Waals surface area contributed by atoms with Crippen LogP contribution in [-0.4, -0.2) is 44.5 Å². The second-order valence-electron chi connectivity index (χ2n) is 6.20. The molecule has 21 heavy (non-hydrogen) atoms. The smallest absolute Gasteiger partial charge is 0.160 e. The molecule has 2 saturated heterocycles. The number of nitrogens with zero attached hydrogens (tertiary/aromatic N) is 4. The number of likely N-dealkylation sites (tertiary alicyclic amines) is 1. The largest absolute Gasteiger partial charge is 0.307 e. The number of thioether (sulfide) groups is 1. The minimum absolute atomic E-state index is 0.464. The van der Waals surface area contributed by atoms with Gasteiger partial charge in [-0.3, -0.25) is 4.90 Å². The summed E-state index contributed by atoms with van der Waals surface area (Å²) in [6.45, 7) is 1.18. The van der Waals surface area contributed by atoms with E-state index in [4.69, 9.17) is 4.98 Å². The first-order chi connectivity index (χ1) is 10.3. The predicted octanol–water partition coefficient (Wildman–Crippen LogP) is 3.27. The third-order valence-electron chi connectivity index (χ3n) is 4.80. The lowest BCUT2D eigenvalue weighted by atomic mass is 10.1. The monoisotopic (exact) mass is 302 g/mol. The predicted molar refractivity (Wildman–Crippen MR) is 87.7 cm³/mol. The van der Waals surface area contributed by atoms with Gasteiger partial charge in [-0.1, -0.05) is 0 Å². The Balaban J connectivity index is 1.84. The molecule has 0 saturated carbocycles. The first kappa shape index (κ1) is 13.6. The number of imidazole rings is 1. The lowest BCUT2D eigenvalue weighted by Crippen LogP contribution is -2.25. The molecule has 2 aliphatic heterocycles. The molecule has 5 heteroatoms. The SMILES string of the molecule is CN1CCCC1c1nc2cccnc2n1C1CCCSC1. The number of hydrogen-bond acceptors (Lipinski definition) is 4. The highest BCUT2D eigenvalue weighted by atomic mass is 32.2. The molecule has 4 heterocycles. The summed E-state index contributed by atoms with van der Waals surface area (Å²) in [4.78, 5) is 12.1. The van der Waals surface area contributed by atoms with E-state index in [0.29, 0.717) is 12.1 Å². The minimum atomic E-state index is 0.464. The van der Waals surface area contributed by atoms with Gasteiger partial charge in [-0.2, -0.15) is 11.8 Å². The maximum Gasteiger partial charge on any atom is 0.160 e. The van der Waals surface area contributed by atoms with Gasteiger partial charge in [0.15, 0.2) is 5.65 Å². The van der Waals surface area contributed by atoms with E-state index >= 15 is 0 Å². The van der Waals surface area contributed by atoms with Gasteiger partial charge in [0.1, 0.15) is 11.3 Å². The van der Waals surface area contributed by atoms with Gasteiger partial charge >= 0.3 is 0 Å². The number of fused-ring (bicyclic) bond motifs is 1. The maximum absolute atomic E-state index is 4.97. The summed E-state index contributed by atoms with van der Waals surface area (Å²) in [6.07, 6.45) is 6.97. The van der Waals surface area contributed by atoms with E-state index in [1.54, 1.807) is 0 Å². The van der Waals surface area contributed by atoms with Gasteiger partial charge < -0.3 is 4.57 Å². The van der Waals surface area contributed by atoms with Crippen molar-refractivity contribution < 1.29 is 0 Å². The van der Waals surface area contributed by atoms with Crippen molar-refractivity contribution in [2.75, 3.05) is 25.1 Å². The zero-order chi connectivity index (χ0) is 14.2. The third kappa shape index (κ3) is 2.36. The van der Waals surface area contributed by atoms with Crippen molar-refractivity contribution in [2.45, 2.75) is 37.8 Å². The Labute approximate surface area is 129 Å². The molecular formula is C16H22N4S. The molecule has 0 bridgehead atoms. The summed E-state index contributed by atoms with van der Waals surface area (Å²) in [5.74, 6) is 3.75. The molecule has 0 amide bonds. The molecule has 2 unspecified atom stereocenters. The van der Waals surface area contributed by atoms with Crippen molar-refractivity contribution in [1.29, 1.82) is 0 Å². The number of rotatable bonds is 2. The van der Waals surface area contributed by atoms with Crippen LogP contribution in [0.15, 0.2) is 18.3 Å². The quantitative estimate of drug-likeness (QED) is 0.852. The van der Waals surface area contributed by atoms with Gasteiger partial charge in [0.25, 0.3) is 0 Å². The van der Waals surface area contributed by atoms with E-state index in [1.807, 2.05) is 12.3 Å². The maximum atomic E-state index is 4.97. The standard InChI is InChI=1S/C16H22N4S/c1-19-9-3-7-14(19)16-18-13-6-2-8-17-15(13)20(16)12-5-4-10-21-11-12/h2,6,8,12,14H,3-5,7,9-11H2,1H3. The summed E-state index contributed by atoms with van der Waals surface area (Å²) in [7, 11) is 2.23. The van der Waals surface area contributed by atoms with Crippen LogP contribution < -0.4 is 0 Å². The van der Waals surface area contributed by atoms with Crippen LogP contribution in [0.4, 0.5) is 0 Å².